The molecule has 2 N–H and O–H groups in total. The first-order valence-corrected chi connectivity index (χ1v) is 6.65. The Kier molecular flexibility index (Phi) is 5.29. The lowest BCUT2D eigenvalue weighted by atomic mass is 9.71. The third-order valence-electron chi connectivity index (χ3n) is 3.51. The van der Waals surface area contributed by atoms with Gasteiger partial charge in [0.2, 0.25) is 0 Å². The zero-order valence-corrected chi connectivity index (χ0v) is 11.2. The molecule has 0 aromatic heterocycles. The Labute approximate surface area is 104 Å². The molecule has 1 fully saturated rings. The van der Waals surface area contributed by atoms with Gasteiger partial charge in [0.25, 0.3) is 0 Å². The fourth-order valence-corrected chi connectivity index (χ4v) is 2.23. The summed E-state index contributed by atoms with van der Waals surface area (Å²) in [7, 11) is 0. The number of nitrogens with one attached hydrogen (secondary N) is 1. The van der Waals surface area contributed by atoms with Crippen LogP contribution in [0.2, 0.25) is 0 Å². The van der Waals surface area contributed by atoms with E-state index in [0.717, 1.165) is 32.2 Å². The van der Waals surface area contributed by atoms with Crippen LogP contribution < -0.4 is 5.32 Å². The Balaban J connectivity index is 2.23. The molecule has 94 valence electrons. The number of alkyl halides is 1. The summed E-state index contributed by atoms with van der Waals surface area (Å²) in [5, 5.41) is 13.6. The third-order valence-corrected chi connectivity index (χ3v) is 3.68. The van der Waals surface area contributed by atoms with Crippen molar-refractivity contribution < 1.29 is 5.11 Å². The Morgan fingerprint density at radius 1 is 1.19 bits per heavy atom. The lowest BCUT2D eigenvalue weighted by Crippen LogP contribution is -2.45. The number of allylic oxidation sites excluding steroid dienone is 1. The molecule has 0 spiro atoms. The summed E-state index contributed by atoms with van der Waals surface area (Å²) in [6, 6.07) is 0. The highest BCUT2D eigenvalue weighted by molar-refractivity contribution is 6.18. The largest absolute Gasteiger partial charge is 0.389 e. The van der Waals surface area contributed by atoms with Crippen molar-refractivity contribution in [3.05, 3.63) is 12.2 Å². The lowest BCUT2D eigenvalue weighted by Gasteiger charge is -2.40. The molecular weight excluding hydrogens is 222 g/mol. The molecule has 1 rings (SSSR count). The minimum absolute atomic E-state index is 0.407. The monoisotopic (exact) mass is 245 g/mol. The molecule has 0 aromatic rings. The van der Waals surface area contributed by atoms with Gasteiger partial charge in [-0.3, -0.25) is 0 Å². The maximum atomic E-state index is 10.3. The van der Waals surface area contributed by atoms with Gasteiger partial charge in [-0.15, -0.1) is 11.6 Å². The van der Waals surface area contributed by atoms with E-state index in [1.807, 2.05) is 12.2 Å². The molecule has 0 aliphatic heterocycles. The summed E-state index contributed by atoms with van der Waals surface area (Å²) < 4.78 is 0. The predicted molar refractivity (Wildman–Crippen MR) is 69.9 cm³/mol. The van der Waals surface area contributed by atoms with Gasteiger partial charge in [0.15, 0.2) is 0 Å². The van der Waals surface area contributed by atoms with Gasteiger partial charge in [0, 0.05) is 19.0 Å². The van der Waals surface area contributed by atoms with Gasteiger partial charge in [-0.05, 0) is 31.1 Å². The van der Waals surface area contributed by atoms with Crippen LogP contribution in [0, 0.1) is 5.41 Å². The Hall–Kier alpha value is -0.0500. The van der Waals surface area contributed by atoms with E-state index in [2.05, 4.69) is 19.2 Å². The molecule has 0 radical (unpaired) electrons. The van der Waals surface area contributed by atoms with Gasteiger partial charge >= 0.3 is 0 Å². The molecule has 0 heterocycles. The van der Waals surface area contributed by atoms with Crippen LogP contribution in [0.25, 0.3) is 0 Å². The van der Waals surface area contributed by atoms with E-state index in [-0.39, 0.29) is 0 Å². The maximum Gasteiger partial charge on any atom is 0.0772 e. The van der Waals surface area contributed by atoms with Crippen LogP contribution in [-0.2, 0) is 0 Å². The first kappa shape index (κ1) is 14.0. The van der Waals surface area contributed by atoms with Crippen molar-refractivity contribution in [1.82, 2.24) is 5.32 Å². The first-order chi connectivity index (χ1) is 7.47. The van der Waals surface area contributed by atoms with Crippen molar-refractivity contribution in [1.29, 1.82) is 0 Å². The SMILES string of the molecule is CC1(C)CCC(O)(CNC/C=C/CCl)CC1. The van der Waals surface area contributed by atoms with Crippen molar-refractivity contribution >= 4 is 11.6 Å². The molecule has 3 heteroatoms. The lowest BCUT2D eigenvalue weighted by molar-refractivity contribution is -0.0236. The zero-order chi connectivity index (χ0) is 12.1. The molecule has 0 bridgehead atoms. The van der Waals surface area contributed by atoms with Gasteiger partial charge in [-0.2, -0.15) is 0 Å². The maximum absolute atomic E-state index is 10.3. The van der Waals surface area contributed by atoms with Gasteiger partial charge in [0.1, 0.15) is 0 Å². The third kappa shape index (κ3) is 4.86. The molecule has 1 aliphatic carbocycles. The van der Waals surface area contributed by atoms with E-state index in [9.17, 15) is 5.11 Å². The average molecular weight is 246 g/mol. The number of halogens is 1. The molecule has 0 saturated heterocycles. The van der Waals surface area contributed by atoms with Gasteiger partial charge in [-0.25, -0.2) is 0 Å². The minimum atomic E-state index is -0.496. The van der Waals surface area contributed by atoms with Crippen molar-refractivity contribution in [2.45, 2.75) is 45.1 Å². The minimum Gasteiger partial charge on any atom is -0.389 e. The first-order valence-electron chi connectivity index (χ1n) is 6.12. The molecule has 0 unspecified atom stereocenters. The van der Waals surface area contributed by atoms with Crippen molar-refractivity contribution in [3.63, 3.8) is 0 Å². The predicted octanol–water partition coefficient (Wildman–Crippen LogP) is 2.70. The Morgan fingerprint density at radius 3 is 2.38 bits per heavy atom. The second-order valence-electron chi connectivity index (χ2n) is 5.65. The van der Waals surface area contributed by atoms with Gasteiger partial charge in [0.05, 0.1) is 5.60 Å². The number of hydrogen-bond acceptors (Lipinski definition) is 2. The van der Waals surface area contributed by atoms with Crippen LogP contribution in [0.3, 0.4) is 0 Å². The highest BCUT2D eigenvalue weighted by Gasteiger charge is 2.35. The molecule has 0 aromatic carbocycles. The van der Waals surface area contributed by atoms with Crippen LogP contribution in [0.15, 0.2) is 12.2 Å². The summed E-state index contributed by atoms with van der Waals surface area (Å²) in [5.74, 6) is 0.556. The van der Waals surface area contributed by atoms with E-state index in [1.165, 1.54) is 0 Å². The van der Waals surface area contributed by atoms with Crippen molar-refractivity contribution in [2.75, 3.05) is 19.0 Å². The summed E-state index contributed by atoms with van der Waals surface area (Å²) in [6.45, 7) is 6.04. The van der Waals surface area contributed by atoms with Gasteiger partial charge < -0.3 is 10.4 Å². The highest BCUT2D eigenvalue weighted by Crippen LogP contribution is 2.39. The van der Waals surface area contributed by atoms with Crippen LogP contribution in [-0.4, -0.2) is 29.7 Å². The summed E-state index contributed by atoms with van der Waals surface area (Å²) in [6.07, 6.45) is 7.97. The number of aliphatic hydroxyl groups is 1. The fourth-order valence-electron chi connectivity index (χ4n) is 2.10. The molecule has 0 atom stereocenters. The van der Waals surface area contributed by atoms with Crippen LogP contribution in [0.4, 0.5) is 0 Å². The summed E-state index contributed by atoms with van der Waals surface area (Å²) >= 11 is 5.52. The Morgan fingerprint density at radius 2 is 1.81 bits per heavy atom. The zero-order valence-electron chi connectivity index (χ0n) is 10.4. The average Bonchev–Trinajstić information content (AvgIpc) is 2.23. The molecular formula is C13H24ClNO. The fraction of sp³-hybridized carbons (Fsp3) is 0.846. The standard InChI is InChI=1S/C13H24ClNO/c1-12(2)5-7-13(16,8-6-12)11-15-10-4-3-9-14/h3-4,15-16H,5-11H2,1-2H3/b4-3+. The molecule has 0 amide bonds. The Bertz CT molecular complexity index is 228. The van der Waals surface area contributed by atoms with Crippen LogP contribution in [0.1, 0.15) is 39.5 Å². The van der Waals surface area contributed by atoms with E-state index >= 15 is 0 Å². The number of rotatable bonds is 5. The smallest absolute Gasteiger partial charge is 0.0772 e. The molecule has 1 saturated carbocycles. The molecule has 1 aliphatic rings. The van der Waals surface area contributed by atoms with E-state index < -0.39 is 5.60 Å². The quantitative estimate of drug-likeness (QED) is 0.444. The van der Waals surface area contributed by atoms with Crippen molar-refractivity contribution in [3.8, 4) is 0 Å². The molecule has 16 heavy (non-hydrogen) atoms. The topological polar surface area (TPSA) is 32.3 Å². The molecule has 2 nitrogen and oxygen atoms in total. The second-order valence-corrected chi connectivity index (χ2v) is 5.95. The van der Waals surface area contributed by atoms with E-state index in [0.29, 0.717) is 17.8 Å². The normalized spacial score (nSPS) is 23.8. The van der Waals surface area contributed by atoms with Gasteiger partial charge in [-0.1, -0.05) is 26.0 Å². The van der Waals surface area contributed by atoms with Crippen molar-refractivity contribution in [2.24, 2.45) is 5.41 Å². The summed E-state index contributed by atoms with van der Waals surface area (Å²) in [4.78, 5) is 0. The van der Waals surface area contributed by atoms with Crippen LogP contribution >= 0.6 is 11.6 Å². The second kappa shape index (κ2) is 6.04. The van der Waals surface area contributed by atoms with E-state index in [1.54, 1.807) is 0 Å². The van der Waals surface area contributed by atoms with E-state index in [4.69, 9.17) is 11.6 Å². The number of hydrogen-bond donors (Lipinski definition) is 2. The van der Waals surface area contributed by atoms with Crippen LogP contribution in [0.5, 0.6) is 0 Å². The highest BCUT2D eigenvalue weighted by atomic mass is 35.5. The summed E-state index contributed by atoms with van der Waals surface area (Å²) in [5.41, 5.74) is -0.0882.